The minimum absolute atomic E-state index is 0.0279. The number of aryl methyl sites for hydroxylation is 1. The Labute approximate surface area is 110 Å². The zero-order chi connectivity index (χ0) is 13.8. The van der Waals surface area contributed by atoms with E-state index in [0.29, 0.717) is 18.7 Å². The summed E-state index contributed by atoms with van der Waals surface area (Å²) in [6.07, 6.45) is 2.65. The van der Waals surface area contributed by atoms with Gasteiger partial charge in [0, 0.05) is 18.9 Å². The maximum atomic E-state index is 12.3. The highest BCUT2D eigenvalue weighted by Gasteiger charge is 2.27. The molecule has 7 heteroatoms. The first-order valence-corrected chi connectivity index (χ1v) is 5.91. The first-order chi connectivity index (χ1) is 9.11. The first kappa shape index (κ1) is 13.3. The minimum Gasteiger partial charge on any atom is -0.409 e. The van der Waals surface area contributed by atoms with Crippen molar-refractivity contribution >= 4 is 11.7 Å². The Morgan fingerprint density at radius 3 is 3.11 bits per heavy atom. The third kappa shape index (κ3) is 3.00. The van der Waals surface area contributed by atoms with E-state index >= 15 is 0 Å². The van der Waals surface area contributed by atoms with Crippen LogP contribution in [-0.2, 0) is 4.74 Å². The Morgan fingerprint density at radius 2 is 2.42 bits per heavy atom. The molecule has 1 atom stereocenters. The predicted octanol–water partition coefficient (Wildman–Crippen LogP) is -0.0226. The van der Waals surface area contributed by atoms with Crippen molar-refractivity contribution in [3.8, 4) is 0 Å². The molecule has 1 aliphatic heterocycles. The summed E-state index contributed by atoms with van der Waals surface area (Å²) in [4.78, 5) is 17.9. The summed E-state index contributed by atoms with van der Waals surface area (Å²) >= 11 is 0. The number of nitrogens with zero attached hydrogens (tertiary/aromatic N) is 3. The second kappa shape index (κ2) is 5.66. The number of carbonyl (C=O) groups is 1. The van der Waals surface area contributed by atoms with Gasteiger partial charge in [-0.3, -0.25) is 9.78 Å². The van der Waals surface area contributed by atoms with Gasteiger partial charge in [0.2, 0.25) is 0 Å². The van der Waals surface area contributed by atoms with E-state index in [4.69, 9.17) is 15.7 Å². The molecule has 2 rings (SSSR count). The SMILES string of the molecule is Cc1cncc(C(=O)N2CCOC(C(N)=NO)C2)c1. The lowest BCUT2D eigenvalue weighted by atomic mass is 10.1. The number of pyridine rings is 1. The fourth-order valence-corrected chi connectivity index (χ4v) is 1.93. The van der Waals surface area contributed by atoms with E-state index in [1.54, 1.807) is 17.2 Å². The third-order valence-corrected chi connectivity index (χ3v) is 2.92. The number of hydrogen-bond acceptors (Lipinski definition) is 5. The van der Waals surface area contributed by atoms with Crippen molar-refractivity contribution in [2.24, 2.45) is 10.9 Å². The molecule has 3 N–H and O–H groups in total. The lowest BCUT2D eigenvalue weighted by molar-refractivity contribution is 0.00673. The summed E-state index contributed by atoms with van der Waals surface area (Å²) in [5.74, 6) is -0.157. The number of carbonyl (C=O) groups excluding carboxylic acids is 1. The van der Waals surface area contributed by atoms with Gasteiger partial charge in [-0.2, -0.15) is 0 Å². The van der Waals surface area contributed by atoms with E-state index in [1.807, 2.05) is 6.92 Å². The normalized spacial score (nSPS) is 20.4. The van der Waals surface area contributed by atoms with Crippen LogP contribution in [0.4, 0.5) is 0 Å². The van der Waals surface area contributed by atoms with E-state index in [-0.39, 0.29) is 18.3 Å². The number of morpholine rings is 1. The zero-order valence-electron chi connectivity index (χ0n) is 10.6. The monoisotopic (exact) mass is 264 g/mol. The molecule has 0 spiro atoms. The number of amides is 1. The van der Waals surface area contributed by atoms with Crippen LogP contribution in [0.5, 0.6) is 0 Å². The Morgan fingerprint density at radius 1 is 1.63 bits per heavy atom. The van der Waals surface area contributed by atoms with Crippen LogP contribution in [0, 0.1) is 6.92 Å². The minimum atomic E-state index is -0.569. The third-order valence-electron chi connectivity index (χ3n) is 2.92. The molecule has 1 fully saturated rings. The van der Waals surface area contributed by atoms with Crippen LogP contribution in [0.15, 0.2) is 23.6 Å². The van der Waals surface area contributed by atoms with E-state index in [2.05, 4.69) is 10.1 Å². The highest BCUT2D eigenvalue weighted by molar-refractivity contribution is 5.95. The van der Waals surface area contributed by atoms with Crippen molar-refractivity contribution in [1.29, 1.82) is 0 Å². The smallest absolute Gasteiger partial charge is 0.255 e. The van der Waals surface area contributed by atoms with Gasteiger partial charge in [-0.1, -0.05) is 5.16 Å². The molecule has 1 aromatic rings. The second-order valence-corrected chi connectivity index (χ2v) is 4.39. The van der Waals surface area contributed by atoms with Gasteiger partial charge in [-0.25, -0.2) is 0 Å². The number of aromatic nitrogens is 1. The van der Waals surface area contributed by atoms with Gasteiger partial charge >= 0.3 is 0 Å². The molecule has 1 aromatic heterocycles. The van der Waals surface area contributed by atoms with Gasteiger partial charge in [-0.15, -0.1) is 0 Å². The van der Waals surface area contributed by atoms with Crippen LogP contribution < -0.4 is 5.73 Å². The molecule has 0 aromatic carbocycles. The average molecular weight is 264 g/mol. The summed E-state index contributed by atoms with van der Waals surface area (Å²) in [7, 11) is 0. The number of amidine groups is 1. The zero-order valence-corrected chi connectivity index (χ0v) is 10.6. The summed E-state index contributed by atoms with van der Waals surface area (Å²) in [5, 5.41) is 11.5. The number of ether oxygens (including phenoxy) is 1. The van der Waals surface area contributed by atoms with E-state index in [1.165, 1.54) is 6.20 Å². The quantitative estimate of drug-likeness (QED) is 0.338. The maximum Gasteiger partial charge on any atom is 0.255 e. The molecule has 0 saturated carbocycles. The lowest BCUT2D eigenvalue weighted by Crippen LogP contribution is -2.50. The molecule has 2 heterocycles. The summed E-state index contributed by atoms with van der Waals surface area (Å²) in [5.41, 5.74) is 6.95. The standard InChI is InChI=1S/C12H16N4O3/c1-8-4-9(6-14-5-8)12(17)16-2-3-19-10(7-16)11(13)15-18/h4-6,10,18H,2-3,7H2,1H3,(H2,13,15). The molecular weight excluding hydrogens is 248 g/mol. The second-order valence-electron chi connectivity index (χ2n) is 4.39. The van der Waals surface area contributed by atoms with Crippen molar-refractivity contribution in [2.45, 2.75) is 13.0 Å². The number of oxime groups is 1. The Kier molecular flexibility index (Phi) is 3.96. The largest absolute Gasteiger partial charge is 0.409 e. The highest BCUT2D eigenvalue weighted by Crippen LogP contribution is 2.11. The first-order valence-electron chi connectivity index (χ1n) is 5.91. The van der Waals surface area contributed by atoms with Crippen molar-refractivity contribution in [3.05, 3.63) is 29.6 Å². The van der Waals surface area contributed by atoms with Gasteiger partial charge in [0.15, 0.2) is 5.84 Å². The van der Waals surface area contributed by atoms with Crippen LogP contribution in [0.3, 0.4) is 0 Å². The van der Waals surface area contributed by atoms with Gasteiger partial charge < -0.3 is 20.6 Å². The molecule has 0 radical (unpaired) electrons. The molecule has 19 heavy (non-hydrogen) atoms. The predicted molar refractivity (Wildman–Crippen MR) is 68.0 cm³/mol. The number of nitrogens with two attached hydrogens (primary N) is 1. The van der Waals surface area contributed by atoms with Crippen LogP contribution in [0.2, 0.25) is 0 Å². The van der Waals surface area contributed by atoms with Gasteiger partial charge in [0.05, 0.1) is 18.7 Å². The topological polar surface area (TPSA) is 101 Å². The molecule has 1 amide bonds. The van der Waals surface area contributed by atoms with Crippen LogP contribution >= 0.6 is 0 Å². The van der Waals surface area contributed by atoms with E-state index < -0.39 is 6.10 Å². The molecule has 1 saturated heterocycles. The maximum absolute atomic E-state index is 12.3. The molecule has 7 nitrogen and oxygen atoms in total. The summed E-state index contributed by atoms with van der Waals surface area (Å²) in [6.45, 7) is 2.97. The van der Waals surface area contributed by atoms with Crippen molar-refractivity contribution in [3.63, 3.8) is 0 Å². The fourth-order valence-electron chi connectivity index (χ4n) is 1.93. The summed E-state index contributed by atoms with van der Waals surface area (Å²) < 4.78 is 5.35. The molecule has 102 valence electrons. The van der Waals surface area contributed by atoms with Crippen LogP contribution in [0.1, 0.15) is 15.9 Å². The lowest BCUT2D eigenvalue weighted by Gasteiger charge is -2.32. The van der Waals surface area contributed by atoms with Crippen molar-refractivity contribution < 1.29 is 14.7 Å². The average Bonchev–Trinajstić information content (AvgIpc) is 2.45. The molecule has 1 aliphatic rings. The van der Waals surface area contributed by atoms with Gasteiger partial charge in [-0.05, 0) is 18.6 Å². The number of hydrogen-bond donors (Lipinski definition) is 2. The molecule has 1 unspecified atom stereocenters. The molecule has 0 aliphatic carbocycles. The number of rotatable bonds is 2. The van der Waals surface area contributed by atoms with E-state index in [9.17, 15) is 4.79 Å². The van der Waals surface area contributed by atoms with Gasteiger partial charge in [0.25, 0.3) is 5.91 Å². The highest BCUT2D eigenvalue weighted by atomic mass is 16.5. The molecular formula is C12H16N4O3. The van der Waals surface area contributed by atoms with Crippen LogP contribution in [-0.4, -0.2) is 52.6 Å². The van der Waals surface area contributed by atoms with Crippen LogP contribution in [0.25, 0.3) is 0 Å². The van der Waals surface area contributed by atoms with Crippen molar-refractivity contribution in [1.82, 2.24) is 9.88 Å². The summed E-state index contributed by atoms with van der Waals surface area (Å²) in [6, 6.07) is 1.78. The molecule has 0 bridgehead atoms. The Hall–Kier alpha value is -2.15. The van der Waals surface area contributed by atoms with E-state index in [0.717, 1.165) is 5.56 Å². The fraction of sp³-hybridized carbons (Fsp3) is 0.417. The van der Waals surface area contributed by atoms with Gasteiger partial charge in [0.1, 0.15) is 6.10 Å². The Bertz CT molecular complexity index is 504. The van der Waals surface area contributed by atoms with Crippen molar-refractivity contribution in [2.75, 3.05) is 19.7 Å². The Balaban J connectivity index is 2.11.